The quantitative estimate of drug-likeness (QED) is 0.916. The van der Waals surface area contributed by atoms with Gasteiger partial charge in [-0.1, -0.05) is 24.3 Å². The van der Waals surface area contributed by atoms with E-state index >= 15 is 0 Å². The van der Waals surface area contributed by atoms with Crippen LogP contribution in [0.25, 0.3) is 0 Å². The molecule has 0 heterocycles. The second-order valence-corrected chi connectivity index (χ2v) is 5.57. The van der Waals surface area contributed by atoms with Crippen molar-refractivity contribution in [2.45, 2.75) is 39.4 Å². The van der Waals surface area contributed by atoms with Gasteiger partial charge in [0, 0.05) is 0 Å². The van der Waals surface area contributed by atoms with E-state index in [9.17, 15) is 5.11 Å². The number of aliphatic hydroxyl groups is 1. The maximum atomic E-state index is 9.81. The Balaban J connectivity index is 1.76. The second kappa shape index (κ2) is 5.29. The molecular weight excluding hydrogens is 248 g/mol. The van der Waals surface area contributed by atoms with E-state index in [0.717, 1.165) is 24.2 Å². The summed E-state index contributed by atoms with van der Waals surface area (Å²) in [5, 5.41) is 9.81. The Morgan fingerprint density at radius 1 is 1.15 bits per heavy atom. The molecule has 0 saturated carbocycles. The van der Waals surface area contributed by atoms with E-state index in [1.165, 1.54) is 22.3 Å². The van der Waals surface area contributed by atoms with Crippen LogP contribution in [-0.4, -0.2) is 5.11 Å². The zero-order chi connectivity index (χ0) is 14.1. The topological polar surface area (TPSA) is 29.5 Å². The van der Waals surface area contributed by atoms with Crippen LogP contribution in [0, 0.1) is 13.8 Å². The third kappa shape index (κ3) is 2.44. The Hall–Kier alpha value is -1.80. The zero-order valence-corrected chi connectivity index (χ0v) is 12.0. The molecule has 2 heteroatoms. The van der Waals surface area contributed by atoms with E-state index in [0.29, 0.717) is 6.61 Å². The summed E-state index contributed by atoms with van der Waals surface area (Å²) in [5.74, 6) is 0.889. The molecule has 3 rings (SSSR count). The number of rotatable bonds is 3. The average molecular weight is 268 g/mol. The monoisotopic (exact) mass is 268 g/mol. The minimum atomic E-state index is -0.294. The van der Waals surface area contributed by atoms with Crippen molar-refractivity contribution in [1.29, 1.82) is 0 Å². The normalized spacial score (nSPS) is 17.1. The number of hydrogen-bond donors (Lipinski definition) is 1. The van der Waals surface area contributed by atoms with Gasteiger partial charge in [-0.05, 0) is 66.6 Å². The van der Waals surface area contributed by atoms with Crippen LogP contribution in [0.3, 0.4) is 0 Å². The molecule has 2 aromatic rings. The van der Waals surface area contributed by atoms with Crippen molar-refractivity contribution in [3.05, 3.63) is 64.2 Å². The van der Waals surface area contributed by atoms with Gasteiger partial charge in [-0.3, -0.25) is 0 Å². The number of hydrogen-bond acceptors (Lipinski definition) is 2. The molecule has 104 valence electrons. The summed E-state index contributed by atoms with van der Waals surface area (Å²) in [7, 11) is 0. The van der Waals surface area contributed by atoms with E-state index in [2.05, 4.69) is 38.1 Å². The fourth-order valence-corrected chi connectivity index (χ4v) is 2.89. The lowest BCUT2D eigenvalue weighted by Gasteiger charge is -2.12. The van der Waals surface area contributed by atoms with Crippen LogP contribution in [0.4, 0.5) is 0 Å². The summed E-state index contributed by atoms with van der Waals surface area (Å²) < 4.78 is 5.93. The molecule has 0 radical (unpaired) electrons. The van der Waals surface area contributed by atoms with Gasteiger partial charge in [0.25, 0.3) is 0 Å². The van der Waals surface area contributed by atoms with Gasteiger partial charge >= 0.3 is 0 Å². The van der Waals surface area contributed by atoms with Crippen LogP contribution in [0.1, 0.15) is 40.3 Å². The Bertz CT molecular complexity index is 611. The van der Waals surface area contributed by atoms with Crippen molar-refractivity contribution in [2.75, 3.05) is 0 Å². The maximum absolute atomic E-state index is 9.81. The standard InChI is InChI=1S/C18H20O2/c1-12-4-3-5-13(2)17(12)11-20-15-7-8-16-14(10-15)6-9-18(16)19/h3-5,7-8,10,18-19H,6,9,11H2,1-2H3/t18-/m1/s1. The molecule has 20 heavy (non-hydrogen) atoms. The van der Waals surface area contributed by atoms with E-state index in [4.69, 9.17) is 4.74 Å². The molecule has 2 nitrogen and oxygen atoms in total. The van der Waals surface area contributed by atoms with Gasteiger partial charge in [-0.2, -0.15) is 0 Å². The molecule has 0 spiro atoms. The van der Waals surface area contributed by atoms with E-state index in [1.807, 2.05) is 12.1 Å². The first-order valence-corrected chi connectivity index (χ1v) is 7.14. The lowest BCUT2D eigenvalue weighted by atomic mass is 10.0. The molecule has 0 aliphatic heterocycles. The Kier molecular flexibility index (Phi) is 3.49. The molecule has 0 bridgehead atoms. The molecule has 1 aliphatic rings. The van der Waals surface area contributed by atoms with Crippen molar-refractivity contribution >= 4 is 0 Å². The molecule has 0 aromatic heterocycles. The number of fused-ring (bicyclic) bond motifs is 1. The Morgan fingerprint density at radius 3 is 2.65 bits per heavy atom. The van der Waals surface area contributed by atoms with Crippen LogP contribution in [-0.2, 0) is 13.0 Å². The van der Waals surface area contributed by atoms with Gasteiger partial charge in [0.1, 0.15) is 12.4 Å². The fourth-order valence-electron chi connectivity index (χ4n) is 2.89. The summed E-state index contributed by atoms with van der Waals surface area (Å²) in [5.41, 5.74) is 6.07. The van der Waals surface area contributed by atoms with Crippen molar-refractivity contribution in [3.8, 4) is 5.75 Å². The van der Waals surface area contributed by atoms with Gasteiger partial charge in [-0.15, -0.1) is 0 Å². The number of aryl methyl sites for hydroxylation is 3. The van der Waals surface area contributed by atoms with E-state index in [-0.39, 0.29) is 6.10 Å². The fraction of sp³-hybridized carbons (Fsp3) is 0.333. The largest absolute Gasteiger partial charge is 0.489 e. The minimum absolute atomic E-state index is 0.294. The molecule has 0 saturated heterocycles. The molecule has 1 N–H and O–H groups in total. The summed E-state index contributed by atoms with van der Waals surface area (Å²) >= 11 is 0. The lowest BCUT2D eigenvalue weighted by molar-refractivity contribution is 0.180. The van der Waals surface area contributed by atoms with Gasteiger partial charge in [0.2, 0.25) is 0 Å². The highest BCUT2D eigenvalue weighted by Crippen LogP contribution is 2.33. The van der Waals surface area contributed by atoms with Crippen molar-refractivity contribution in [3.63, 3.8) is 0 Å². The molecule has 0 unspecified atom stereocenters. The molecular formula is C18H20O2. The maximum Gasteiger partial charge on any atom is 0.120 e. The van der Waals surface area contributed by atoms with Gasteiger partial charge < -0.3 is 9.84 Å². The third-order valence-electron chi connectivity index (χ3n) is 4.19. The molecule has 1 aliphatic carbocycles. The summed E-state index contributed by atoms with van der Waals surface area (Å²) in [6.45, 7) is 4.83. The third-order valence-corrected chi connectivity index (χ3v) is 4.19. The Labute approximate surface area is 120 Å². The van der Waals surface area contributed by atoms with E-state index < -0.39 is 0 Å². The van der Waals surface area contributed by atoms with Crippen LogP contribution < -0.4 is 4.74 Å². The highest BCUT2D eigenvalue weighted by atomic mass is 16.5. The smallest absolute Gasteiger partial charge is 0.120 e. The van der Waals surface area contributed by atoms with E-state index in [1.54, 1.807) is 0 Å². The highest BCUT2D eigenvalue weighted by Gasteiger charge is 2.20. The first-order valence-electron chi connectivity index (χ1n) is 7.14. The summed E-state index contributed by atoms with van der Waals surface area (Å²) in [6, 6.07) is 12.3. The van der Waals surface area contributed by atoms with Crippen LogP contribution >= 0.6 is 0 Å². The molecule has 1 atom stereocenters. The lowest BCUT2D eigenvalue weighted by Crippen LogP contribution is -2.01. The van der Waals surface area contributed by atoms with Crippen molar-refractivity contribution < 1.29 is 9.84 Å². The van der Waals surface area contributed by atoms with Gasteiger partial charge in [0.15, 0.2) is 0 Å². The Morgan fingerprint density at radius 2 is 1.90 bits per heavy atom. The number of benzene rings is 2. The van der Waals surface area contributed by atoms with Crippen LogP contribution in [0.5, 0.6) is 5.75 Å². The molecule has 0 amide bonds. The first kappa shape index (κ1) is 13.2. The summed E-state index contributed by atoms with van der Waals surface area (Å²) in [6.07, 6.45) is 1.48. The minimum Gasteiger partial charge on any atom is -0.489 e. The van der Waals surface area contributed by atoms with Gasteiger partial charge in [-0.25, -0.2) is 0 Å². The number of aliphatic hydroxyl groups excluding tert-OH is 1. The first-order chi connectivity index (χ1) is 9.65. The van der Waals surface area contributed by atoms with Crippen molar-refractivity contribution in [2.24, 2.45) is 0 Å². The predicted octanol–water partition coefficient (Wildman–Crippen LogP) is 3.86. The number of ether oxygens (including phenoxy) is 1. The second-order valence-electron chi connectivity index (χ2n) is 5.57. The summed E-state index contributed by atoms with van der Waals surface area (Å²) in [4.78, 5) is 0. The molecule has 2 aromatic carbocycles. The van der Waals surface area contributed by atoms with Crippen LogP contribution in [0.2, 0.25) is 0 Å². The van der Waals surface area contributed by atoms with Crippen LogP contribution in [0.15, 0.2) is 36.4 Å². The highest BCUT2D eigenvalue weighted by molar-refractivity contribution is 5.40. The average Bonchev–Trinajstić information content (AvgIpc) is 2.79. The zero-order valence-electron chi connectivity index (χ0n) is 12.0. The molecule has 0 fully saturated rings. The predicted molar refractivity (Wildman–Crippen MR) is 80.0 cm³/mol. The van der Waals surface area contributed by atoms with Crippen molar-refractivity contribution in [1.82, 2.24) is 0 Å². The van der Waals surface area contributed by atoms with Gasteiger partial charge in [0.05, 0.1) is 6.10 Å². The SMILES string of the molecule is Cc1cccc(C)c1COc1ccc2c(c1)CC[C@H]2O.